The normalized spacial score (nSPS) is 19.3. The lowest BCUT2D eigenvalue weighted by atomic mass is 9.85. The van der Waals surface area contributed by atoms with E-state index in [1.807, 2.05) is 0 Å². The van der Waals surface area contributed by atoms with Gasteiger partial charge in [0.2, 0.25) is 0 Å². The van der Waals surface area contributed by atoms with E-state index in [4.69, 9.17) is 0 Å². The van der Waals surface area contributed by atoms with Crippen LogP contribution < -0.4 is 5.32 Å². The summed E-state index contributed by atoms with van der Waals surface area (Å²) in [6, 6.07) is 6.25. The Labute approximate surface area is 94.9 Å². The number of hydrogen-bond donors (Lipinski definition) is 2. The van der Waals surface area contributed by atoms with Gasteiger partial charge in [-0.2, -0.15) is 0 Å². The molecular weight excluding hydrogens is 217 g/mol. The molecule has 0 radical (unpaired) electrons. The van der Waals surface area contributed by atoms with Gasteiger partial charge >= 0.3 is 0 Å². The van der Waals surface area contributed by atoms with Crippen molar-refractivity contribution in [3.63, 3.8) is 0 Å². The molecule has 1 heterocycles. The molecule has 1 aromatic carbocycles. The van der Waals surface area contributed by atoms with Crippen LogP contribution in [0.5, 0.6) is 0 Å². The Morgan fingerprint density at radius 2 is 1.93 bits per heavy atom. The smallest absolute Gasteiger partial charge is 0.123 e. The molecule has 1 aromatic rings. The van der Waals surface area contributed by atoms with Gasteiger partial charge in [0, 0.05) is 0 Å². The highest BCUT2D eigenvalue weighted by Gasteiger charge is 2.31. The standard InChI is InChI=1S/C11H14FNO.ClH/c12-10-3-1-2-9(8-10)11(14)4-6-13-7-5-11;/h1-3,8,13-14H,4-7H2;1H. The van der Waals surface area contributed by atoms with Crippen molar-refractivity contribution in [3.05, 3.63) is 35.6 Å². The summed E-state index contributed by atoms with van der Waals surface area (Å²) in [4.78, 5) is 0. The van der Waals surface area contributed by atoms with Crippen LogP contribution in [0.3, 0.4) is 0 Å². The maximum atomic E-state index is 13.0. The van der Waals surface area contributed by atoms with Crippen molar-refractivity contribution in [1.82, 2.24) is 5.32 Å². The Balaban J connectivity index is 0.00000112. The fraction of sp³-hybridized carbons (Fsp3) is 0.455. The van der Waals surface area contributed by atoms with Crippen LogP contribution in [0, 0.1) is 5.82 Å². The second kappa shape index (κ2) is 4.92. The molecule has 0 saturated carbocycles. The predicted molar refractivity (Wildman–Crippen MR) is 59.6 cm³/mol. The van der Waals surface area contributed by atoms with Crippen LogP contribution >= 0.6 is 12.4 Å². The summed E-state index contributed by atoms with van der Waals surface area (Å²) in [5, 5.41) is 13.4. The first-order chi connectivity index (χ1) is 6.71. The van der Waals surface area contributed by atoms with Gasteiger partial charge in [-0.1, -0.05) is 12.1 Å². The predicted octanol–water partition coefficient (Wildman–Crippen LogP) is 1.82. The largest absolute Gasteiger partial charge is 0.385 e. The first-order valence-electron chi connectivity index (χ1n) is 4.90. The van der Waals surface area contributed by atoms with Gasteiger partial charge in [-0.3, -0.25) is 0 Å². The molecule has 1 aliphatic rings. The number of aliphatic hydroxyl groups is 1. The Bertz CT molecular complexity index is 326. The van der Waals surface area contributed by atoms with Gasteiger partial charge < -0.3 is 10.4 Å². The van der Waals surface area contributed by atoms with Crippen LogP contribution in [0.25, 0.3) is 0 Å². The van der Waals surface area contributed by atoms with E-state index in [-0.39, 0.29) is 18.2 Å². The van der Waals surface area contributed by atoms with E-state index < -0.39 is 5.60 Å². The van der Waals surface area contributed by atoms with E-state index in [1.165, 1.54) is 12.1 Å². The van der Waals surface area contributed by atoms with Crippen molar-refractivity contribution < 1.29 is 9.50 Å². The average molecular weight is 232 g/mol. The van der Waals surface area contributed by atoms with Crippen molar-refractivity contribution >= 4 is 12.4 Å². The van der Waals surface area contributed by atoms with E-state index in [1.54, 1.807) is 12.1 Å². The molecule has 84 valence electrons. The second-order valence-electron chi connectivity index (χ2n) is 3.79. The minimum absolute atomic E-state index is 0. The van der Waals surface area contributed by atoms with Crippen LogP contribution in [0.4, 0.5) is 4.39 Å². The van der Waals surface area contributed by atoms with Crippen molar-refractivity contribution in [2.24, 2.45) is 0 Å². The lowest BCUT2D eigenvalue weighted by Crippen LogP contribution is -2.39. The summed E-state index contributed by atoms with van der Waals surface area (Å²) in [6.45, 7) is 1.57. The van der Waals surface area contributed by atoms with Crippen LogP contribution in [0.2, 0.25) is 0 Å². The number of nitrogens with one attached hydrogen (secondary N) is 1. The number of benzene rings is 1. The lowest BCUT2D eigenvalue weighted by Gasteiger charge is -2.33. The molecule has 1 fully saturated rings. The van der Waals surface area contributed by atoms with E-state index >= 15 is 0 Å². The van der Waals surface area contributed by atoms with Gasteiger partial charge in [0.05, 0.1) is 5.60 Å². The zero-order valence-electron chi connectivity index (χ0n) is 8.37. The van der Waals surface area contributed by atoms with Gasteiger partial charge in [-0.15, -0.1) is 12.4 Å². The summed E-state index contributed by atoms with van der Waals surface area (Å²) in [6.07, 6.45) is 1.30. The highest BCUT2D eigenvalue weighted by atomic mass is 35.5. The summed E-state index contributed by atoms with van der Waals surface area (Å²) in [5.74, 6) is -0.283. The number of piperidine rings is 1. The van der Waals surface area contributed by atoms with Gasteiger partial charge in [0.1, 0.15) is 5.82 Å². The Hall–Kier alpha value is -0.640. The maximum absolute atomic E-state index is 13.0. The zero-order valence-corrected chi connectivity index (χ0v) is 9.19. The first kappa shape index (κ1) is 12.4. The molecule has 1 aliphatic heterocycles. The molecule has 15 heavy (non-hydrogen) atoms. The number of rotatable bonds is 1. The summed E-state index contributed by atoms with van der Waals surface area (Å²) >= 11 is 0. The minimum atomic E-state index is -0.840. The molecule has 0 spiro atoms. The molecule has 2 rings (SSSR count). The van der Waals surface area contributed by atoms with Crippen LogP contribution in [0.1, 0.15) is 18.4 Å². The third kappa shape index (κ3) is 2.68. The van der Waals surface area contributed by atoms with Crippen molar-refractivity contribution in [2.75, 3.05) is 13.1 Å². The Kier molecular flexibility index (Phi) is 4.08. The highest BCUT2D eigenvalue weighted by molar-refractivity contribution is 5.85. The quantitative estimate of drug-likeness (QED) is 0.773. The molecule has 4 heteroatoms. The lowest BCUT2D eigenvalue weighted by molar-refractivity contribution is 0.00567. The maximum Gasteiger partial charge on any atom is 0.123 e. The van der Waals surface area contributed by atoms with Crippen molar-refractivity contribution in [2.45, 2.75) is 18.4 Å². The fourth-order valence-electron chi connectivity index (χ4n) is 1.91. The monoisotopic (exact) mass is 231 g/mol. The molecule has 2 N–H and O–H groups in total. The summed E-state index contributed by atoms with van der Waals surface area (Å²) < 4.78 is 13.0. The number of halogens is 2. The third-order valence-corrected chi connectivity index (χ3v) is 2.79. The molecule has 1 saturated heterocycles. The fourth-order valence-corrected chi connectivity index (χ4v) is 1.91. The zero-order chi connectivity index (χ0) is 10.0. The topological polar surface area (TPSA) is 32.3 Å². The van der Waals surface area contributed by atoms with Gasteiger partial charge in [0.15, 0.2) is 0 Å². The molecule has 2 nitrogen and oxygen atoms in total. The van der Waals surface area contributed by atoms with Gasteiger partial charge in [-0.25, -0.2) is 4.39 Å². The highest BCUT2D eigenvalue weighted by Crippen LogP contribution is 2.30. The minimum Gasteiger partial charge on any atom is -0.385 e. The molecule has 0 amide bonds. The first-order valence-corrected chi connectivity index (χ1v) is 4.90. The molecule has 0 atom stereocenters. The number of hydrogen-bond acceptors (Lipinski definition) is 2. The molecule has 0 bridgehead atoms. The SMILES string of the molecule is Cl.OC1(c2cccc(F)c2)CCNCC1. The van der Waals surface area contributed by atoms with Crippen molar-refractivity contribution in [3.8, 4) is 0 Å². The summed E-state index contributed by atoms with van der Waals surface area (Å²) in [7, 11) is 0. The van der Waals surface area contributed by atoms with Gasteiger partial charge in [0.25, 0.3) is 0 Å². The van der Waals surface area contributed by atoms with Crippen molar-refractivity contribution in [1.29, 1.82) is 0 Å². The van der Waals surface area contributed by atoms with E-state index in [0.717, 1.165) is 13.1 Å². The molecule has 0 aromatic heterocycles. The summed E-state index contributed by atoms with van der Waals surface area (Å²) in [5.41, 5.74) is -0.146. The molecule has 0 unspecified atom stereocenters. The Morgan fingerprint density at radius 3 is 2.53 bits per heavy atom. The van der Waals surface area contributed by atoms with E-state index in [0.29, 0.717) is 18.4 Å². The molecular formula is C11H15ClFNO. The average Bonchev–Trinajstić information content (AvgIpc) is 2.19. The van der Waals surface area contributed by atoms with Crippen LogP contribution in [0.15, 0.2) is 24.3 Å². The van der Waals surface area contributed by atoms with E-state index in [2.05, 4.69) is 5.32 Å². The second-order valence-corrected chi connectivity index (χ2v) is 3.79. The van der Waals surface area contributed by atoms with Crippen LogP contribution in [-0.4, -0.2) is 18.2 Å². The van der Waals surface area contributed by atoms with Gasteiger partial charge in [-0.05, 0) is 43.6 Å². The molecule has 0 aliphatic carbocycles. The third-order valence-electron chi connectivity index (χ3n) is 2.79. The van der Waals surface area contributed by atoms with Crippen LogP contribution in [-0.2, 0) is 5.60 Å². The van der Waals surface area contributed by atoms with E-state index in [9.17, 15) is 9.50 Å². The Morgan fingerprint density at radius 1 is 1.27 bits per heavy atom.